The first-order chi connectivity index (χ1) is 28.8. The number of benzene rings is 9. The molecule has 2 nitrogen and oxygen atoms in total. The lowest BCUT2D eigenvalue weighted by atomic mass is 9.66. The van der Waals surface area contributed by atoms with Gasteiger partial charge >= 0.3 is 0 Å². The third kappa shape index (κ3) is 4.84. The topological polar surface area (TPSA) is 12.5 Å². The maximum absolute atomic E-state index is 6.60. The van der Waals surface area contributed by atoms with Crippen LogP contribution in [-0.4, -0.2) is 0 Å². The SMILES string of the molecule is c1ccc(-c2ccc(N(c3ccccc3)c3cccc(-c4cccc5sc6cc7c(cc6c45)-c4ccccc4C74c5ccccc5Oc5ccccc54)c3)cc2)cc1. The number of nitrogens with zero attached hydrogens (tertiary/aromatic N) is 1. The monoisotopic (exact) mass is 757 g/mol. The molecule has 272 valence electrons. The van der Waals surface area contributed by atoms with Crippen LogP contribution in [0.4, 0.5) is 17.1 Å². The normalized spacial score (nSPS) is 13.1. The van der Waals surface area contributed by atoms with E-state index in [2.05, 4.69) is 217 Å². The van der Waals surface area contributed by atoms with Gasteiger partial charge in [-0.05, 0) is 111 Å². The summed E-state index contributed by atoms with van der Waals surface area (Å²) in [6, 6.07) is 77.2. The van der Waals surface area contributed by atoms with Gasteiger partial charge in [0.25, 0.3) is 0 Å². The van der Waals surface area contributed by atoms with E-state index in [0.29, 0.717) is 0 Å². The van der Waals surface area contributed by atoms with Crippen molar-refractivity contribution in [1.29, 1.82) is 0 Å². The van der Waals surface area contributed by atoms with Crippen LogP contribution in [0.15, 0.2) is 212 Å². The van der Waals surface area contributed by atoms with Crippen LogP contribution in [0.5, 0.6) is 11.5 Å². The standard InChI is InChI=1S/C55H35NOS/c1-3-15-36(16-4-1)37-29-31-40(32-30-37)56(39-18-5-2-6-19-39)41-20-13-17-38(33-41)42-22-14-28-52-54(42)45-34-44-43-21-7-8-23-46(43)55(49(44)35-53(45)58-52)47-24-9-11-26-50(47)57-51-27-12-10-25-48(51)55/h1-35H. The summed E-state index contributed by atoms with van der Waals surface area (Å²) >= 11 is 1.89. The number of hydrogen-bond acceptors (Lipinski definition) is 3. The molecule has 0 atom stereocenters. The molecule has 0 N–H and O–H groups in total. The van der Waals surface area contributed by atoms with Crippen molar-refractivity contribution >= 4 is 48.6 Å². The molecule has 12 rings (SSSR count). The molecule has 9 aromatic carbocycles. The summed E-state index contributed by atoms with van der Waals surface area (Å²) < 4.78 is 9.17. The van der Waals surface area contributed by atoms with Crippen LogP contribution in [0.25, 0.3) is 53.6 Å². The van der Waals surface area contributed by atoms with Crippen LogP contribution < -0.4 is 9.64 Å². The van der Waals surface area contributed by atoms with Gasteiger partial charge in [0, 0.05) is 48.4 Å². The van der Waals surface area contributed by atoms with Crippen molar-refractivity contribution in [3.05, 3.63) is 235 Å². The Morgan fingerprint density at radius 1 is 0.362 bits per heavy atom. The fourth-order valence-electron chi connectivity index (χ4n) is 9.68. The fraction of sp³-hybridized carbons (Fsp3) is 0.0182. The first-order valence-corrected chi connectivity index (χ1v) is 20.6. The van der Waals surface area contributed by atoms with Crippen molar-refractivity contribution < 1.29 is 4.74 Å². The van der Waals surface area contributed by atoms with E-state index in [1.54, 1.807) is 0 Å². The van der Waals surface area contributed by atoms with Gasteiger partial charge in [-0.15, -0.1) is 11.3 Å². The molecule has 2 aliphatic rings. The summed E-state index contributed by atoms with van der Waals surface area (Å²) in [5, 5.41) is 2.59. The third-order valence-corrected chi connectivity index (χ3v) is 13.2. The van der Waals surface area contributed by atoms with Gasteiger partial charge in [0.2, 0.25) is 0 Å². The summed E-state index contributed by atoms with van der Waals surface area (Å²) in [7, 11) is 0. The molecule has 0 fully saturated rings. The second-order valence-electron chi connectivity index (χ2n) is 15.2. The Bertz CT molecular complexity index is 3160. The summed E-state index contributed by atoms with van der Waals surface area (Å²) in [6.07, 6.45) is 0. The summed E-state index contributed by atoms with van der Waals surface area (Å²) in [4.78, 5) is 2.36. The van der Waals surface area contributed by atoms with E-state index < -0.39 is 5.41 Å². The number of para-hydroxylation sites is 3. The Morgan fingerprint density at radius 2 is 0.931 bits per heavy atom. The molecule has 1 spiro atoms. The molecule has 0 amide bonds. The van der Waals surface area contributed by atoms with Crippen LogP contribution in [0.3, 0.4) is 0 Å². The van der Waals surface area contributed by atoms with Crippen molar-refractivity contribution in [3.8, 4) is 44.9 Å². The predicted octanol–water partition coefficient (Wildman–Crippen LogP) is 15.3. The Kier molecular flexibility index (Phi) is 7.35. The predicted molar refractivity (Wildman–Crippen MR) is 242 cm³/mol. The van der Waals surface area contributed by atoms with Gasteiger partial charge in [-0.2, -0.15) is 0 Å². The van der Waals surface area contributed by atoms with Crippen LogP contribution in [0.2, 0.25) is 0 Å². The van der Waals surface area contributed by atoms with Crippen molar-refractivity contribution in [3.63, 3.8) is 0 Å². The van der Waals surface area contributed by atoms with E-state index >= 15 is 0 Å². The lowest BCUT2D eigenvalue weighted by Crippen LogP contribution is -2.32. The molecule has 1 aromatic heterocycles. The zero-order chi connectivity index (χ0) is 38.2. The average Bonchev–Trinajstić information content (AvgIpc) is 3.80. The maximum atomic E-state index is 6.60. The molecule has 0 radical (unpaired) electrons. The highest BCUT2D eigenvalue weighted by atomic mass is 32.1. The van der Waals surface area contributed by atoms with Gasteiger partial charge in [-0.1, -0.05) is 146 Å². The fourth-order valence-corrected chi connectivity index (χ4v) is 10.8. The van der Waals surface area contributed by atoms with Crippen LogP contribution in [0.1, 0.15) is 22.3 Å². The van der Waals surface area contributed by atoms with E-state index in [9.17, 15) is 0 Å². The molecule has 1 aliphatic heterocycles. The van der Waals surface area contributed by atoms with E-state index in [-0.39, 0.29) is 0 Å². The zero-order valence-corrected chi connectivity index (χ0v) is 32.3. The molecule has 0 saturated heterocycles. The van der Waals surface area contributed by atoms with Crippen molar-refractivity contribution in [1.82, 2.24) is 0 Å². The molecule has 0 bridgehead atoms. The van der Waals surface area contributed by atoms with Crippen molar-refractivity contribution in [2.45, 2.75) is 5.41 Å². The summed E-state index contributed by atoms with van der Waals surface area (Å²) in [5.41, 5.74) is 15.3. The highest BCUT2D eigenvalue weighted by Crippen LogP contribution is 2.63. The van der Waals surface area contributed by atoms with Crippen molar-refractivity contribution in [2.24, 2.45) is 0 Å². The number of rotatable bonds is 5. The summed E-state index contributed by atoms with van der Waals surface area (Å²) in [6.45, 7) is 0. The lowest BCUT2D eigenvalue weighted by molar-refractivity contribution is 0.436. The Labute approximate surface area is 341 Å². The number of thiophene rings is 1. The quantitative estimate of drug-likeness (QED) is 0.173. The van der Waals surface area contributed by atoms with Crippen LogP contribution in [0, 0.1) is 0 Å². The van der Waals surface area contributed by atoms with Gasteiger partial charge in [-0.3, -0.25) is 0 Å². The minimum absolute atomic E-state index is 0.487. The van der Waals surface area contributed by atoms with Crippen molar-refractivity contribution in [2.75, 3.05) is 4.90 Å². The smallest absolute Gasteiger partial charge is 0.132 e. The molecule has 0 saturated carbocycles. The molecular formula is C55H35NOS. The van der Waals surface area contributed by atoms with E-state index in [0.717, 1.165) is 28.6 Å². The van der Waals surface area contributed by atoms with Crippen LogP contribution in [-0.2, 0) is 5.41 Å². The Morgan fingerprint density at radius 3 is 1.69 bits per heavy atom. The van der Waals surface area contributed by atoms with Gasteiger partial charge < -0.3 is 9.64 Å². The number of ether oxygens (including phenoxy) is 1. The van der Waals surface area contributed by atoms with Crippen LogP contribution >= 0.6 is 11.3 Å². The first kappa shape index (κ1) is 33.0. The largest absolute Gasteiger partial charge is 0.457 e. The minimum atomic E-state index is -0.487. The highest BCUT2D eigenvalue weighted by molar-refractivity contribution is 7.26. The second-order valence-corrected chi connectivity index (χ2v) is 16.3. The first-order valence-electron chi connectivity index (χ1n) is 19.8. The zero-order valence-electron chi connectivity index (χ0n) is 31.5. The van der Waals surface area contributed by atoms with Gasteiger partial charge in [0.05, 0.1) is 5.41 Å². The Balaban J connectivity index is 1.04. The van der Waals surface area contributed by atoms with Gasteiger partial charge in [0.15, 0.2) is 0 Å². The van der Waals surface area contributed by atoms with Gasteiger partial charge in [0.1, 0.15) is 11.5 Å². The number of hydrogen-bond donors (Lipinski definition) is 0. The molecule has 0 unspecified atom stereocenters. The third-order valence-electron chi connectivity index (χ3n) is 12.1. The second kappa shape index (κ2) is 12.9. The lowest BCUT2D eigenvalue weighted by Gasteiger charge is -2.39. The minimum Gasteiger partial charge on any atom is -0.457 e. The van der Waals surface area contributed by atoms with E-state index in [4.69, 9.17) is 4.74 Å². The van der Waals surface area contributed by atoms with E-state index in [1.807, 2.05) is 11.3 Å². The summed E-state index contributed by atoms with van der Waals surface area (Å²) in [5.74, 6) is 1.83. The highest BCUT2D eigenvalue weighted by Gasteiger charge is 2.51. The molecule has 3 heteroatoms. The average molecular weight is 758 g/mol. The van der Waals surface area contributed by atoms with E-state index in [1.165, 1.54) is 75.8 Å². The van der Waals surface area contributed by atoms with Gasteiger partial charge in [-0.25, -0.2) is 0 Å². The maximum Gasteiger partial charge on any atom is 0.132 e. The molecule has 58 heavy (non-hydrogen) atoms. The molecule has 2 heterocycles. The Hall–Kier alpha value is -7.20. The molecule has 1 aliphatic carbocycles. The number of fused-ring (bicyclic) bond motifs is 12. The number of anilines is 3. The molecular weight excluding hydrogens is 723 g/mol. The molecule has 10 aromatic rings.